The van der Waals surface area contributed by atoms with Crippen molar-refractivity contribution in [3.8, 4) is 0 Å². The summed E-state index contributed by atoms with van der Waals surface area (Å²) in [4.78, 5) is 27.5. The molecule has 3 rings (SSSR count). The topological polar surface area (TPSA) is 58.6 Å². The van der Waals surface area contributed by atoms with Gasteiger partial charge in [0.2, 0.25) is 0 Å². The minimum absolute atomic E-state index is 0.264. The average molecular weight is 378 g/mol. The Bertz CT molecular complexity index is 903. The highest BCUT2D eigenvalue weighted by Gasteiger charge is 2.38. The fraction of sp³-hybridized carbons (Fsp3) is 0.304. The van der Waals surface area contributed by atoms with Crippen LogP contribution in [0.4, 0.5) is 5.69 Å². The summed E-state index contributed by atoms with van der Waals surface area (Å²) in [6.45, 7) is 7.41. The lowest BCUT2D eigenvalue weighted by Gasteiger charge is -2.15. The summed E-state index contributed by atoms with van der Waals surface area (Å²) < 4.78 is 5.35. The molecule has 0 aromatic heterocycles. The largest absolute Gasteiger partial charge is 0.382 e. The molecule has 0 atom stereocenters. The van der Waals surface area contributed by atoms with Crippen LogP contribution in [-0.4, -0.2) is 36.5 Å². The van der Waals surface area contributed by atoms with E-state index in [1.54, 1.807) is 0 Å². The predicted molar refractivity (Wildman–Crippen MR) is 111 cm³/mol. The number of hydrogen-bond acceptors (Lipinski definition) is 4. The van der Waals surface area contributed by atoms with Gasteiger partial charge < -0.3 is 10.1 Å². The number of carbonyl (C=O) groups excluding carboxylic acids is 2. The number of imide groups is 1. The number of amides is 2. The summed E-state index contributed by atoms with van der Waals surface area (Å²) in [5.74, 6) is -0.555. The molecule has 146 valence electrons. The molecule has 2 aromatic rings. The van der Waals surface area contributed by atoms with Gasteiger partial charge in [0, 0.05) is 25.4 Å². The van der Waals surface area contributed by atoms with Crippen molar-refractivity contribution in [2.45, 2.75) is 27.2 Å². The Morgan fingerprint density at radius 2 is 1.75 bits per heavy atom. The molecule has 0 bridgehead atoms. The van der Waals surface area contributed by atoms with E-state index in [1.165, 1.54) is 4.90 Å². The number of anilines is 1. The molecule has 1 N–H and O–H groups in total. The zero-order valence-electron chi connectivity index (χ0n) is 16.6. The second-order valence-corrected chi connectivity index (χ2v) is 6.87. The molecule has 0 saturated heterocycles. The SMILES string of the molecule is CCOCCCN1C(=O)C(Nc2ccc(C)cc2C)=C(c2ccccc2)C1=O. The second kappa shape index (κ2) is 8.85. The molecule has 0 aliphatic carbocycles. The molecule has 1 heterocycles. The van der Waals surface area contributed by atoms with Crippen LogP contribution in [0.5, 0.6) is 0 Å². The standard InChI is InChI=1S/C23H26N2O3/c1-4-28-14-8-13-25-22(26)20(18-9-6-5-7-10-18)21(23(25)27)24-19-12-11-16(2)15-17(19)3/h5-7,9-12,15,24H,4,8,13-14H2,1-3H3. The fourth-order valence-electron chi connectivity index (χ4n) is 3.33. The number of rotatable bonds is 8. The Kier molecular flexibility index (Phi) is 6.26. The van der Waals surface area contributed by atoms with Gasteiger partial charge >= 0.3 is 0 Å². The van der Waals surface area contributed by atoms with Crippen molar-refractivity contribution in [1.29, 1.82) is 0 Å². The molecule has 0 radical (unpaired) electrons. The van der Waals surface area contributed by atoms with Gasteiger partial charge in [0.1, 0.15) is 5.70 Å². The lowest BCUT2D eigenvalue weighted by atomic mass is 10.0. The first-order chi connectivity index (χ1) is 13.5. The van der Waals surface area contributed by atoms with Crippen LogP contribution in [0.1, 0.15) is 30.0 Å². The summed E-state index contributed by atoms with van der Waals surface area (Å²) in [5.41, 5.74) is 4.48. The molecule has 2 amide bonds. The maximum atomic E-state index is 13.1. The van der Waals surface area contributed by atoms with E-state index in [9.17, 15) is 9.59 Å². The van der Waals surface area contributed by atoms with Crippen molar-refractivity contribution in [2.24, 2.45) is 0 Å². The predicted octanol–water partition coefficient (Wildman–Crippen LogP) is 3.92. The normalized spacial score (nSPS) is 14.2. The molecule has 0 unspecified atom stereocenters. The van der Waals surface area contributed by atoms with Crippen molar-refractivity contribution < 1.29 is 14.3 Å². The van der Waals surface area contributed by atoms with Gasteiger partial charge in [-0.25, -0.2) is 0 Å². The summed E-state index contributed by atoms with van der Waals surface area (Å²) >= 11 is 0. The molecule has 5 heteroatoms. The summed E-state index contributed by atoms with van der Waals surface area (Å²) in [6, 6.07) is 15.3. The Morgan fingerprint density at radius 3 is 2.43 bits per heavy atom. The van der Waals surface area contributed by atoms with Gasteiger partial charge in [-0.15, -0.1) is 0 Å². The number of nitrogens with one attached hydrogen (secondary N) is 1. The van der Waals surface area contributed by atoms with Crippen LogP contribution in [-0.2, 0) is 14.3 Å². The van der Waals surface area contributed by atoms with Crippen LogP contribution in [0, 0.1) is 13.8 Å². The van der Waals surface area contributed by atoms with Gasteiger partial charge in [-0.1, -0.05) is 48.0 Å². The Morgan fingerprint density at radius 1 is 1.00 bits per heavy atom. The zero-order valence-corrected chi connectivity index (χ0v) is 16.6. The number of aryl methyl sites for hydroxylation is 2. The third kappa shape index (κ3) is 4.15. The Labute approximate surface area is 166 Å². The molecule has 2 aromatic carbocycles. The quantitative estimate of drug-likeness (QED) is 0.559. The van der Waals surface area contributed by atoms with E-state index in [0.717, 1.165) is 22.4 Å². The first-order valence-corrected chi connectivity index (χ1v) is 9.60. The number of benzene rings is 2. The van der Waals surface area contributed by atoms with Crippen LogP contribution in [0.25, 0.3) is 5.57 Å². The van der Waals surface area contributed by atoms with Gasteiger partial charge in [0.25, 0.3) is 11.8 Å². The molecule has 0 spiro atoms. The molecule has 0 saturated carbocycles. The van der Waals surface area contributed by atoms with Crippen LogP contribution in [0.2, 0.25) is 0 Å². The monoisotopic (exact) mass is 378 g/mol. The summed E-state index contributed by atoms with van der Waals surface area (Å²) in [6.07, 6.45) is 0.615. The van der Waals surface area contributed by atoms with Crippen LogP contribution >= 0.6 is 0 Å². The van der Waals surface area contributed by atoms with Gasteiger partial charge in [-0.2, -0.15) is 0 Å². The maximum absolute atomic E-state index is 13.1. The Balaban J connectivity index is 1.94. The molecule has 1 aliphatic rings. The van der Waals surface area contributed by atoms with E-state index in [1.807, 2.05) is 69.3 Å². The van der Waals surface area contributed by atoms with Crippen molar-refractivity contribution in [1.82, 2.24) is 4.90 Å². The van der Waals surface area contributed by atoms with Gasteiger partial charge in [0.15, 0.2) is 0 Å². The van der Waals surface area contributed by atoms with Crippen molar-refractivity contribution in [3.05, 3.63) is 70.9 Å². The third-order valence-corrected chi connectivity index (χ3v) is 4.75. The number of nitrogens with zero attached hydrogens (tertiary/aromatic N) is 1. The van der Waals surface area contributed by atoms with Gasteiger partial charge in [-0.05, 0) is 44.4 Å². The summed E-state index contributed by atoms with van der Waals surface area (Å²) in [5, 5.41) is 3.23. The first-order valence-electron chi connectivity index (χ1n) is 9.60. The van der Waals surface area contributed by atoms with Crippen molar-refractivity contribution >= 4 is 23.1 Å². The zero-order chi connectivity index (χ0) is 20.1. The minimum atomic E-state index is -0.291. The molecular weight excluding hydrogens is 352 g/mol. The highest BCUT2D eigenvalue weighted by Crippen LogP contribution is 2.31. The molecular formula is C23H26N2O3. The molecule has 1 aliphatic heterocycles. The highest BCUT2D eigenvalue weighted by molar-refractivity contribution is 6.36. The van der Waals surface area contributed by atoms with Crippen molar-refractivity contribution in [2.75, 3.05) is 25.1 Å². The maximum Gasteiger partial charge on any atom is 0.278 e. The third-order valence-electron chi connectivity index (χ3n) is 4.75. The lowest BCUT2D eigenvalue weighted by molar-refractivity contribution is -0.137. The fourth-order valence-corrected chi connectivity index (χ4v) is 3.33. The smallest absolute Gasteiger partial charge is 0.278 e. The summed E-state index contributed by atoms with van der Waals surface area (Å²) in [7, 11) is 0. The van der Waals surface area contributed by atoms with Crippen LogP contribution < -0.4 is 5.32 Å². The number of ether oxygens (including phenoxy) is 1. The van der Waals surface area contributed by atoms with E-state index in [0.29, 0.717) is 37.4 Å². The van der Waals surface area contributed by atoms with Gasteiger partial charge in [-0.3, -0.25) is 14.5 Å². The van der Waals surface area contributed by atoms with E-state index in [4.69, 9.17) is 4.74 Å². The van der Waals surface area contributed by atoms with Crippen molar-refractivity contribution in [3.63, 3.8) is 0 Å². The van der Waals surface area contributed by atoms with E-state index < -0.39 is 0 Å². The average Bonchev–Trinajstić information content (AvgIpc) is 2.92. The first kappa shape index (κ1) is 19.8. The number of carbonyl (C=O) groups is 2. The van der Waals surface area contributed by atoms with Gasteiger partial charge in [0.05, 0.1) is 5.57 Å². The van der Waals surface area contributed by atoms with Crippen LogP contribution in [0.15, 0.2) is 54.2 Å². The van der Waals surface area contributed by atoms with E-state index in [-0.39, 0.29) is 11.8 Å². The molecule has 0 fully saturated rings. The van der Waals surface area contributed by atoms with E-state index >= 15 is 0 Å². The van der Waals surface area contributed by atoms with Crippen LogP contribution in [0.3, 0.4) is 0 Å². The highest BCUT2D eigenvalue weighted by atomic mass is 16.5. The molecule has 5 nitrogen and oxygen atoms in total. The minimum Gasteiger partial charge on any atom is -0.382 e. The van der Waals surface area contributed by atoms with E-state index in [2.05, 4.69) is 5.32 Å². The number of hydrogen-bond donors (Lipinski definition) is 1. The second-order valence-electron chi connectivity index (χ2n) is 6.87. The Hall–Kier alpha value is -2.92. The molecule has 28 heavy (non-hydrogen) atoms. The lowest BCUT2D eigenvalue weighted by Crippen LogP contribution is -2.34.